The molecule has 0 atom stereocenters. The second kappa shape index (κ2) is 6.36. The van der Waals surface area contributed by atoms with E-state index < -0.39 is 0 Å². The fourth-order valence-corrected chi connectivity index (χ4v) is 2.57. The summed E-state index contributed by atoms with van der Waals surface area (Å²) in [7, 11) is 0. The second-order valence-electron chi connectivity index (χ2n) is 6.19. The highest BCUT2D eigenvalue weighted by Gasteiger charge is 2.26. The van der Waals surface area contributed by atoms with E-state index in [0.717, 1.165) is 30.2 Å². The lowest BCUT2D eigenvalue weighted by Crippen LogP contribution is -2.36. The van der Waals surface area contributed by atoms with Gasteiger partial charge in [-0.3, -0.25) is 9.59 Å². The summed E-state index contributed by atoms with van der Waals surface area (Å²) in [5, 5.41) is 6.07. The third kappa shape index (κ3) is 3.49. The molecule has 122 valence electrons. The summed E-state index contributed by atoms with van der Waals surface area (Å²) >= 11 is 0. The number of nitrogens with zero attached hydrogens (tertiary/aromatic N) is 3. The summed E-state index contributed by atoms with van der Waals surface area (Å²) in [6, 6.07) is 2.74. The molecule has 0 saturated carbocycles. The van der Waals surface area contributed by atoms with Crippen molar-refractivity contribution in [3.8, 4) is 0 Å². The molecule has 1 N–H and O–H groups in total. The molecule has 3 rings (SSSR count). The van der Waals surface area contributed by atoms with E-state index in [1.165, 1.54) is 12.1 Å². The molecule has 1 aliphatic heterocycles. The number of oxazole rings is 1. The third-order valence-corrected chi connectivity index (χ3v) is 3.89. The van der Waals surface area contributed by atoms with Crippen LogP contribution in [-0.2, 0) is 19.4 Å². The summed E-state index contributed by atoms with van der Waals surface area (Å²) in [5.41, 5.74) is 0.734. The van der Waals surface area contributed by atoms with Gasteiger partial charge in [-0.05, 0) is 18.4 Å². The van der Waals surface area contributed by atoms with Gasteiger partial charge in [0.25, 0.3) is 11.5 Å². The first-order chi connectivity index (χ1) is 11.0. The monoisotopic (exact) mass is 316 g/mol. The van der Waals surface area contributed by atoms with Crippen molar-refractivity contribution >= 4 is 5.91 Å². The van der Waals surface area contributed by atoms with E-state index in [1.54, 1.807) is 4.90 Å². The summed E-state index contributed by atoms with van der Waals surface area (Å²) < 4.78 is 5.79. The minimum absolute atomic E-state index is 0.210. The number of carbonyl (C=O) groups is 1. The van der Waals surface area contributed by atoms with E-state index in [4.69, 9.17) is 4.42 Å². The SMILES string of the molecule is CC(C)CCc1nc2c(o1)CCN(C(=O)c1ccc(=O)[nH]n1)C2. The first kappa shape index (κ1) is 15.5. The zero-order valence-electron chi connectivity index (χ0n) is 13.3. The summed E-state index contributed by atoms with van der Waals surface area (Å²) in [6.45, 7) is 5.31. The van der Waals surface area contributed by atoms with Crippen molar-refractivity contribution in [3.05, 3.63) is 45.5 Å². The summed E-state index contributed by atoms with van der Waals surface area (Å²) in [5.74, 6) is 2.02. The molecule has 0 unspecified atom stereocenters. The Kier molecular flexibility index (Phi) is 4.27. The van der Waals surface area contributed by atoms with E-state index in [-0.39, 0.29) is 17.2 Å². The lowest BCUT2D eigenvalue weighted by molar-refractivity contribution is 0.0720. The number of aromatic amines is 1. The minimum Gasteiger partial charge on any atom is -0.445 e. The number of aryl methyl sites for hydroxylation is 1. The van der Waals surface area contributed by atoms with Crippen molar-refractivity contribution in [2.75, 3.05) is 6.54 Å². The van der Waals surface area contributed by atoms with Crippen LogP contribution in [0, 0.1) is 5.92 Å². The molecular weight excluding hydrogens is 296 g/mol. The number of nitrogens with one attached hydrogen (secondary N) is 1. The van der Waals surface area contributed by atoms with Crippen LogP contribution in [0.4, 0.5) is 0 Å². The van der Waals surface area contributed by atoms with Crippen LogP contribution in [0.15, 0.2) is 21.3 Å². The van der Waals surface area contributed by atoms with Gasteiger partial charge in [0, 0.05) is 25.5 Å². The molecule has 0 aliphatic carbocycles. The maximum absolute atomic E-state index is 12.4. The van der Waals surface area contributed by atoms with Gasteiger partial charge in [0.05, 0.1) is 6.54 Å². The molecule has 1 aliphatic rings. The van der Waals surface area contributed by atoms with Gasteiger partial charge in [-0.25, -0.2) is 10.1 Å². The molecule has 2 aromatic heterocycles. The standard InChI is InChI=1S/C16H20N4O3/c1-10(2)3-6-15-17-12-9-20(8-7-13(12)23-15)16(22)11-4-5-14(21)19-18-11/h4-5,10H,3,6-9H2,1-2H3,(H,19,21). The van der Waals surface area contributed by atoms with E-state index >= 15 is 0 Å². The van der Waals surface area contributed by atoms with E-state index in [9.17, 15) is 9.59 Å². The quantitative estimate of drug-likeness (QED) is 0.924. The number of hydrogen-bond acceptors (Lipinski definition) is 5. The molecule has 0 aromatic carbocycles. The number of hydrogen-bond donors (Lipinski definition) is 1. The number of H-pyrrole nitrogens is 1. The Balaban J connectivity index is 1.71. The topological polar surface area (TPSA) is 92.1 Å². The number of amides is 1. The number of aromatic nitrogens is 3. The lowest BCUT2D eigenvalue weighted by atomic mass is 10.1. The Bertz CT molecular complexity index is 742. The van der Waals surface area contributed by atoms with Crippen molar-refractivity contribution in [1.82, 2.24) is 20.1 Å². The Morgan fingerprint density at radius 2 is 2.26 bits per heavy atom. The normalized spacial score (nSPS) is 14.1. The van der Waals surface area contributed by atoms with Crippen LogP contribution < -0.4 is 5.56 Å². The van der Waals surface area contributed by atoms with Crippen LogP contribution in [0.25, 0.3) is 0 Å². The Morgan fingerprint density at radius 3 is 2.96 bits per heavy atom. The van der Waals surface area contributed by atoms with Crippen molar-refractivity contribution < 1.29 is 9.21 Å². The zero-order valence-corrected chi connectivity index (χ0v) is 13.3. The molecule has 1 amide bonds. The molecule has 0 spiro atoms. The van der Waals surface area contributed by atoms with E-state index in [0.29, 0.717) is 25.4 Å². The Labute approximate surface area is 133 Å². The Hall–Kier alpha value is -2.44. The van der Waals surface area contributed by atoms with Crippen LogP contribution in [0.5, 0.6) is 0 Å². The molecule has 2 aromatic rings. The predicted molar refractivity (Wildman–Crippen MR) is 83.0 cm³/mol. The van der Waals surface area contributed by atoms with Gasteiger partial charge in [-0.1, -0.05) is 13.8 Å². The number of rotatable bonds is 4. The van der Waals surface area contributed by atoms with Gasteiger partial charge in [0.2, 0.25) is 0 Å². The largest absolute Gasteiger partial charge is 0.445 e. The Morgan fingerprint density at radius 1 is 1.43 bits per heavy atom. The average molecular weight is 316 g/mol. The van der Waals surface area contributed by atoms with Crippen LogP contribution in [-0.4, -0.2) is 32.5 Å². The number of fused-ring (bicyclic) bond motifs is 1. The molecular formula is C16H20N4O3. The average Bonchev–Trinajstić information content (AvgIpc) is 2.95. The molecule has 23 heavy (non-hydrogen) atoms. The summed E-state index contributed by atoms with van der Waals surface area (Å²) in [6.07, 6.45) is 2.50. The fourth-order valence-electron chi connectivity index (χ4n) is 2.57. The minimum atomic E-state index is -0.325. The van der Waals surface area contributed by atoms with Gasteiger partial charge in [0.15, 0.2) is 5.89 Å². The third-order valence-electron chi connectivity index (χ3n) is 3.89. The van der Waals surface area contributed by atoms with Gasteiger partial charge in [-0.2, -0.15) is 5.10 Å². The molecule has 0 saturated heterocycles. The van der Waals surface area contributed by atoms with E-state index in [1.807, 2.05) is 0 Å². The first-order valence-electron chi connectivity index (χ1n) is 7.85. The molecule has 7 nitrogen and oxygen atoms in total. The molecule has 7 heteroatoms. The van der Waals surface area contributed by atoms with Gasteiger partial charge < -0.3 is 9.32 Å². The highest BCUT2D eigenvalue weighted by atomic mass is 16.4. The molecule has 3 heterocycles. The lowest BCUT2D eigenvalue weighted by Gasteiger charge is -2.24. The van der Waals surface area contributed by atoms with E-state index in [2.05, 4.69) is 29.0 Å². The maximum Gasteiger partial charge on any atom is 0.274 e. The van der Waals surface area contributed by atoms with Crippen molar-refractivity contribution in [2.45, 2.75) is 39.7 Å². The fraction of sp³-hybridized carbons (Fsp3) is 0.500. The van der Waals surface area contributed by atoms with Crippen LogP contribution >= 0.6 is 0 Å². The van der Waals surface area contributed by atoms with Crippen molar-refractivity contribution in [3.63, 3.8) is 0 Å². The van der Waals surface area contributed by atoms with Gasteiger partial charge in [0.1, 0.15) is 17.1 Å². The van der Waals surface area contributed by atoms with Crippen molar-refractivity contribution in [1.29, 1.82) is 0 Å². The smallest absolute Gasteiger partial charge is 0.274 e. The van der Waals surface area contributed by atoms with Crippen LogP contribution in [0.1, 0.15) is 48.1 Å². The molecule has 0 radical (unpaired) electrons. The first-order valence-corrected chi connectivity index (χ1v) is 7.85. The predicted octanol–water partition coefficient (Wildman–Crippen LogP) is 1.54. The van der Waals surface area contributed by atoms with Crippen LogP contribution in [0.3, 0.4) is 0 Å². The van der Waals surface area contributed by atoms with Crippen molar-refractivity contribution in [2.24, 2.45) is 5.92 Å². The highest BCUT2D eigenvalue weighted by molar-refractivity contribution is 5.92. The maximum atomic E-state index is 12.4. The van der Waals surface area contributed by atoms with Gasteiger partial charge >= 0.3 is 0 Å². The summed E-state index contributed by atoms with van der Waals surface area (Å²) in [4.78, 5) is 29.7. The number of carbonyl (C=O) groups excluding carboxylic acids is 1. The second-order valence-corrected chi connectivity index (χ2v) is 6.19. The zero-order chi connectivity index (χ0) is 16.4. The van der Waals surface area contributed by atoms with Gasteiger partial charge in [-0.15, -0.1) is 0 Å². The highest BCUT2D eigenvalue weighted by Crippen LogP contribution is 2.22. The van der Waals surface area contributed by atoms with Crippen LogP contribution in [0.2, 0.25) is 0 Å². The molecule has 0 fully saturated rings. The molecule has 0 bridgehead atoms.